The highest BCUT2D eigenvalue weighted by Gasteiger charge is 2.42. The van der Waals surface area contributed by atoms with Crippen molar-refractivity contribution < 1.29 is 4.79 Å². The fourth-order valence-electron chi connectivity index (χ4n) is 4.89. The standard InChI is InChI=1S/C24H23ClN4O/c1-26-23-27-15-17-14-24(20-8-3-2-7-19(20)21(17)28-23)9-11-29(12-10-24)22(30)16-5-4-6-18(25)13-16/h2-8,13,15H,9-12,14H2,1H3,(H,26,27,28). The molecule has 0 atom stereocenters. The lowest BCUT2D eigenvalue weighted by Gasteiger charge is -2.45. The van der Waals surface area contributed by atoms with Crippen LogP contribution >= 0.6 is 11.6 Å². The number of nitrogens with zero attached hydrogens (tertiary/aromatic N) is 3. The van der Waals surface area contributed by atoms with Gasteiger partial charge in [0.05, 0.1) is 5.69 Å². The number of carbonyl (C=O) groups excluding carboxylic acids is 1. The summed E-state index contributed by atoms with van der Waals surface area (Å²) in [6.45, 7) is 1.45. The van der Waals surface area contributed by atoms with Crippen molar-refractivity contribution in [1.29, 1.82) is 0 Å². The summed E-state index contributed by atoms with van der Waals surface area (Å²) in [5, 5.41) is 3.63. The van der Waals surface area contributed by atoms with E-state index < -0.39 is 0 Å². The van der Waals surface area contributed by atoms with Gasteiger partial charge in [0.1, 0.15) is 0 Å². The normalized spacial score (nSPS) is 16.7. The van der Waals surface area contributed by atoms with Crippen LogP contribution in [0.2, 0.25) is 5.02 Å². The van der Waals surface area contributed by atoms with Gasteiger partial charge in [0.15, 0.2) is 0 Å². The zero-order valence-electron chi connectivity index (χ0n) is 16.9. The van der Waals surface area contributed by atoms with E-state index in [1.54, 1.807) is 12.1 Å². The summed E-state index contributed by atoms with van der Waals surface area (Å²) in [6, 6.07) is 15.8. The predicted molar refractivity (Wildman–Crippen MR) is 119 cm³/mol. The number of anilines is 1. The third-order valence-electron chi connectivity index (χ3n) is 6.45. The lowest BCUT2D eigenvalue weighted by Crippen LogP contribution is -2.47. The topological polar surface area (TPSA) is 58.1 Å². The Morgan fingerprint density at radius 1 is 1.13 bits per heavy atom. The summed E-state index contributed by atoms with van der Waals surface area (Å²) in [4.78, 5) is 24.1. The number of rotatable bonds is 2. The number of aromatic nitrogens is 2. The van der Waals surface area contributed by atoms with Crippen molar-refractivity contribution in [3.8, 4) is 11.3 Å². The van der Waals surface area contributed by atoms with Crippen LogP contribution in [0.25, 0.3) is 11.3 Å². The molecule has 1 saturated heterocycles. The minimum absolute atomic E-state index is 0.0131. The molecular formula is C24H23ClN4O. The number of fused-ring (bicyclic) bond motifs is 4. The molecule has 5 nitrogen and oxygen atoms in total. The molecule has 0 radical (unpaired) electrons. The van der Waals surface area contributed by atoms with Gasteiger partial charge in [-0.3, -0.25) is 4.79 Å². The van der Waals surface area contributed by atoms with Crippen LogP contribution < -0.4 is 5.32 Å². The molecule has 5 rings (SSSR count). The highest BCUT2D eigenvalue weighted by Crippen LogP contribution is 2.48. The lowest BCUT2D eigenvalue weighted by molar-refractivity contribution is 0.0664. The van der Waals surface area contributed by atoms with E-state index in [0.717, 1.165) is 38.0 Å². The smallest absolute Gasteiger partial charge is 0.253 e. The van der Waals surface area contributed by atoms with E-state index in [-0.39, 0.29) is 11.3 Å². The van der Waals surface area contributed by atoms with Crippen molar-refractivity contribution in [2.24, 2.45) is 0 Å². The van der Waals surface area contributed by atoms with Gasteiger partial charge in [-0.1, -0.05) is 41.9 Å². The lowest BCUT2D eigenvalue weighted by atomic mass is 9.64. The maximum atomic E-state index is 13.0. The molecule has 1 aromatic heterocycles. The molecule has 1 aliphatic carbocycles. The summed E-state index contributed by atoms with van der Waals surface area (Å²) in [5.41, 5.74) is 5.40. The quantitative estimate of drug-likeness (QED) is 0.662. The number of piperidine rings is 1. The maximum absolute atomic E-state index is 13.0. The first kappa shape index (κ1) is 19.1. The molecule has 1 N–H and O–H groups in total. The fourth-order valence-corrected chi connectivity index (χ4v) is 5.08. The Balaban J connectivity index is 1.44. The molecule has 2 aliphatic rings. The average Bonchev–Trinajstić information content (AvgIpc) is 2.79. The SMILES string of the molecule is CNc1ncc2c(n1)-c1ccccc1C1(CCN(C(=O)c3cccc(Cl)c3)CC1)C2. The molecule has 1 spiro atoms. The molecular weight excluding hydrogens is 396 g/mol. The van der Waals surface area contributed by atoms with E-state index in [0.29, 0.717) is 16.5 Å². The molecule has 0 unspecified atom stereocenters. The molecule has 30 heavy (non-hydrogen) atoms. The van der Waals surface area contributed by atoms with E-state index in [2.05, 4.69) is 34.6 Å². The van der Waals surface area contributed by atoms with E-state index in [1.165, 1.54) is 16.7 Å². The molecule has 0 saturated carbocycles. The number of hydrogen-bond donors (Lipinski definition) is 1. The van der Waals surface area contributed by atoms with Crippen molar-refractivity contribution in [3.05, 3.63) is 76.4 Å². The van der Waals surface area contributed by atoms with Gasteiger partial charge in [-0.2, -0.15) is 0 Å². The molecule has 1 amide bonds. The number of halogens is 1. The van der Waals surface area contributed by atoms with E-state index >= 15 is 0 Å². The number of carbonyl (C=O) groups is 1. The first-order valence-electron chi connectivity index (χ1n) is 10.3. The van der Waals surface area contributed by atoms with Crippen LogP contribution in [-0.4, -0.2) is 40.9 Å². The van der Waals surface area contributed by atoms with Crippen LogP contribution in [0.3, 0.4) is 0 Å². The summed E-state index contributed by atoms with van der Waals surface area (Å²) in [5.74, 6) is 0.695. The van der Waals surface area contributed by atoms with Gasteiger partial charge in [-0.05, 0) is 48.6 Å². The number of amides is 1. The molecule has 3 aromatic rings. The van der Waals surface area contributed by atoms with Crippen molar-refractivity contribution in [1.82, 2.24) is 14.9 Å². The second-order valence-electron chi connectivity index (χ2n) is 8.12. The van der Waals surface area contributed by atoms with Gasteiger partial charge in [-0.25, -0.2) is 9.97 Å². The van der Waals surface area contributed by atoms with E-state index in [1.807, 2.05) is 30.3 Å². The first-order valence-corrected chi connectivity index (χ1v) is 10.7. The second-order valence-corrected chi connectivity index (χ2v) is 8.56. The molecule has 2 aromatic carbocycles. The van der Waals surface area contributed by atoms with Crippen molar-refractivity contribution in [2.45, 2.75) is 24.7 Å². The minimum atomic E-state index is 0.0131. The Kier molecular flexibility index (Phi) is 4.70. The summed E-state index contributed by atoms with van der Waals surface area (Å²) < 4.78 is 0. The molecule has 0 bridgehead atoms. The number of hydrogen-bond acceptors (Lipinski definition) is 4. The largest absolute Gasteiger partial charge is 0.357 e. The predicted octanol–water partition coefficient (Wildman–Crippen LogP) is 4.57. The van der Waals surface area contributed by atoms with Crippen LogP contribution in [0.1, 0.15) is 34.3 Å². The summed E-state index contributed by atoms with van der Waals surface area (Å²) >= 11 is 6.08. The minimum Gasteiger partial charge on any atom is -0.357 e. The van der Waals surface area contributed by atoms with Gasteiger partial charge < -0.3 is 10.2 Å². The summed E-state index contributed by atoms with van der Waals surface area (Å²) in [7, 11) is 1.84. The Morgan fingerprint density at radius 2 is 1.93 bits per heavy atom. The second kappa shape index (κ2) is 7.40. The number of benzene rings is 2. The average molecular weight is 419 g/mol. The highest BCUT2D eigenvalue weighted by molar-refractivity contribution is 6.30. The van der Waals surface area contributed by atoms with Crippen LogP contribution in [0.5, 0.6) is 0 Å². The van der Waals surface area contributed by atoms with Crippen LogP contribution in [0, 0.1) is 0 Å². The Labute approximate surface area is 181 Å². The molecule has 1 aliphatic heterocycles. The van der Waals surface area contributed by atoms with Gasteiger partial charge in [0.25, 0.3) is 5.91 Å². The monoisotopic (exact) mass is 418 g/mol. The number of nitrogens with one attached hydrogen (secondary N) is 1. The zero-order chi connectivity index (χ0) is 20.7. The van der Waals surface area contributed by atoms with Crippen molar-refractivity contribution >= 4 is 23.5 Å². The van der Waals surface area contributed by atoms with Crippen molar-refractivity contribution in [2.75, 3.05) is 25.5 Å². The Morgan fingerprint density at radius 3 is 2.70 bits per heavy atom. The van der Waals surface area contributed by atoms with Crippen LogP contribution in [0.15, 0.2) is 54.7 Å². The van der Waals surface area contributed by atoms with Gasteiger partial charge in [0.2, 0.25) is 5.95 Å². The highest BCUT2D eigenvalue weighted by atomic mass is 35.5. The fraction of sp³-hybridized carbons (Fsp3) is 0.292. The molecule has 2 heterocycles. The van der Waals surface area contributed by atoms with E-state index in [4.69, 9.17) is 16.6 Å². The summed E-state index contributed by atoms with van der Waals surface area (Å²) in [6.07, 6.45) is 4.70. The zero-order valence-corrected chi connectivity index (χ0v) is 17.6. The maximum Gasteiger partial charge on any atom is 0.253 e. The van der Waals surface area contributed by atoms with Gasteiger partial charge in [-0.15, -0.1) is 0 Å². The Hall–Kier alpha value is -2.92. The Bertz CT molecular complexity index is 1120. The third-order valence-corrected chi connectivity index (χ3v) is 6.68. The van der Waals surface area contributed by atoms with Crippen LogP contribution in [-0.2, 0) is 11.8 Å². The third kappa shape index (κ3) is 3.14. The molecule has 6 heteroatoms. The molecule has 1 fully saturated rings. The van der Waals surface area contributed by atoms with Gasteiger partial charge >= 0.3 is 0 Å². The first-order chi connectivity index (χ1) is 14.6. The van der Waals surface area contributed by atoms with Crippen molar-refractivity contribution in [3.63, 3.8) is 0 Å². The number of likely N-dealkylation sites (tertiary alicyclic amines) is 1. The molecule has 152 valence electrons. The van der Waals surface area contributed by atoms with Gasteiger partial charge in [0, 0.05) is 47.9 Å². The van der Waals surface area contributed by atoms with E-state index in [9.17, 15) is 4.79 Å². The van der Waals surface area contributed by atoms with Crippen LogP contribution in [0.4, 0.5) is 5.95 Å².